The fraction of sp³-hybridized carbons (Fsp3) is 0.111. The molecule has 3 N–H and O–H groups in total. The third-order valence-electron chi connectivity index (χ3n) is 6.70. The topological polar surface area (TPSA) is 109 Å². The maximum atomic E-state index is 13.4. The van der Waals surface area contributed by atoms with Gasteiger partial charge in [0.1, 0.15) is 11.4 Å². The summed E-state index contributed by atoms with van der Waals surface area (Å²) in [6.07, 6.45) is 1.61. The van der Waals surface area contributed by atoms with E-state index in [-0.39, 0.29) is 11.6 Å². The number of hydrogen-bond acceptors (Lipinski definition) is 7. The second-order valence-corrected chi connectivity index (χ2v) is 13.3. The molecule has 1 heterocycles. The quantitative estimate of drug-likeness (QED) is 0.0879. The summed E-state index contributed by atoms with van der Waals surface area (Å²) < 4.78 is 6.50. The van der Waals surface area contributed by atoms with E-state index in [0.717, 1.165) is 20.6 Å². The first-order valence-corrected chi connectivity index (χ1v) is 17.2. The van der Waals surface area contributed by atoms with Gasteiger partial charge in [0, 0.05) is 31.6 Å². The number of nitrogens with one attached hydrogen (secondary N) is 3. The molecule has 0 saturated heterocycles. The second-order valence-electron chi connectivity index (χ2n) is 10.2. The number of nitrogens with zero attached hydrogens (tertiary/aromatic N) is 1. The van der Waals surface area contributed by atoms with Crippen molar-refractivity contribution in [3.63, 3.8) is 0 Å². The summed E-state index contributed by atoms with van der Waals surface area (Å²) in [7, 11) is 0. The van der Waals surface area contributed by atoms with Gasteiger partial charge in [-0.25, -0.2) is 4.98 Å². The van der Waals surface area contributed by atoms with Crippen LogP contribution in [-0.4, -0.2) is 34.6 Å². The van der Waals surface area contributed by atoms with E-state index < -0.39 is 17.1 Å². The molecule has 1 aromatic heterocycles. The number of carbonyl (C=O) groups is 3. The van der Waals surface area contributed by atoms with Gasteiger partial charge in [0.05, 0.1) is 17.6 Å². The maximum Gasteiger partial charge on any atom is 0.272 e. The van der Waals surface area contributed by atoms with Crippen LogP contribution in [0, 0.1) is 0 Å². The Morgan fingerprint density at radius 1 is 0.915 bits per heavy atom. The molecule has 238 valence electrons. The number of hydrogen-bond donors (Lipinski definition) is 3. The molecule has 4 aromatic carbocycles. The highest BCUT2D eigenvalue weighted by Crippen LogP contribution is 2.29. The smallest absolute Gasteiger partial charge is 0.272 e. The van der Waals surface area contributed by atoms with Gasteiger partial charge in [-0.1, -0.05) is 58.4 Å². The van der Waals surface area contributed by atoms with E-state index in [1.54, 1.807) is 54.6 Å². The van der Waals surface area contributed by atoms with E-state index in [4.69, 9.17) is 4.74 Å². The number of anilines is 2. The summed E-state index contributed by atoms with van der Waals surface area (Å²) in [6.45, 7) is 4.27. The van der Waals surface area contributed by atoms with Gasteiger partial charge in [-0.3, -0.25) is 14.4 Å². The first-order chi connectivity index (χ1) is 22.8. The Bertz CT molecular complexity index is 1860. The average Bonchev–Trinajstić information content (AvgIpc) is 3.55. The second kappa shape index (κ2) is 16.2. The third kappa shape index (κ3) is 9.65. The predicted octanol–water partition coefficient (Wildman–Crippen LogP) is 8.50. The van der Waals surface area contributed by atoms with Crippen molar-refractivity contribution in [3.8, 4) is 17.0 Å². The number of halogens is 1. The zero-order valence-electron chi connectivity index (χ0n) is 25.5. The van der Waals surface area contributed by atoms with Crippen LogP contribution in [0.2, 0.25) is 0 Å². The number of thiazole rings is 1. The molecule has 8 nitrogen and oxygen atoms in total. The minimum absolute atomic E-state index is 0.0808. The van der Waals surface area contributed by atoms with Crippen molar-refractivity contribution in [2.24, 2.45) is 0 Å². The zero-order valence-corrected chi connectivity index (χ0v) is 28.7. The standard InChI is InChI=1S/C36H31BrN4O4S2/c1-3-45-29-17-9-24(10-18-29)21-31(39-34(43)26-7-5-4-6-8-26)35(44)38-28-15-19-30(20-16-28)47-23(2)33(42)41-36-40-32(22-46-36)25-11-13-27(37)14-12-25/h4-23H,3H2,1-2H3,(H,38,44)(H,39,43)(H,40,41,42)/b31-21-. The molecule has 0 spiro atoms. The van der Waals surface area contributed by atoms with Crippen molar-refractivity contribution in [2.75, 3.05) is 17.2 Å². The average molecular weight is 728 g/mol. The number of benzene rings is 4. The van der Waals surface area contributed by atoms with Gasteiger partial charge in [-0.15, -0.1) is 23.1 Å². The molecule has 1 atom stereocenters. The van der Waals surface area contributed by atoms with E-state index >= 15 is 0 Å². The number of amides is 3. The SMILES string of the molecule is CCOc1ccc(/C=C(\NC(=O)c2ccccc2)C(=O)Nc2ccc(SC(C)C(=O)Nc3nc(-c4ccc(Br)cc4)cs3)cc2)cc1. The summed E-state index contributed by atoms with van der Waals surface area (Å²) in [5, 5.41) is 10.6. The Balaban J connectivity index is 1.21. The number of ether oxygens (including phenoxy) is 1. The molecule has 0 aliphatic carbocycles. The van der Waals surface area contributed by atoms with Crippen LogP contribution in [0.25, 0.3) is 17.3 Å². The van der Waals surface area contributed by atoms with Crippen LogP contribution in [0.5, 0.6) is 5.75 Å². The Kier molecular flexibility index (Phi) is 11.6. The fourth-order valence-electron chi connectivity index (χ4n) is 4.30. The van der Waals surface area contributed by atoms with Crippen LogP contribution in [-0.2, 0) is 9.59 Å². The van der Waals surface area contributed by atoms with E-state index in [1.165, 1.54) is 23.1 Å². The summed E-state index contributed by atoms with van der Waals surface area (Å²) in [5.41, 5.74) is 3.53. The van der Waals surface area contributed by atoms with Crippen LogP contribution in [0.3, 0.4) is 0 Å². The van der Waals surface area contributed by atoms with Crippen LogP contribution < -0.4 is 20.7 Å². The van der Waals surface area contributed by atoms with Crippen molar-refractivity contribution in [1.82, 2.24) is 10.3 Å². The summed E-state index contributed by atoms with van der Waals surface area (Å²) >= 11 is 6.20. The Morgan fingerprint density at radius 3 is 2.30 bits per heavy atom. The van der Waals surface area contributed by atoms with Gasteiger partial charge >= 0.3 is 0 Å². The fourth-order valence-corrected chi connectivity index (χ4v) is 6.15. The van der Waals surface area contributed by atoms with E-state index in [2.05, 4.69) is 36.9 Å². The van der Waals surface area contributed by atoms with E-state index in [9.17, 15) is 14.4 Å². The highest BCUT2D eigenvalue weighted by molar-refractivity contribution is 9.10. The Labute approximate surface area is 289 Å². The van der Waals surface area contributed by atoms with Crippen molar-refractivity contribution < 1.29 is 19.1 Å². The van der Waals surface area contributed by atoms with Gasteiger partial charge < -0.3 is 20.7 Å². The Hall–Kier alpha value is -4.71. The van der Waals surface area contributed by atoms with Crippen LogP contribution in [0.15, 0.2) is 124 Å². The molecule has 47 heavy (non-hydrogen) atoms. The van der Waals surface area contributed by atoms with Crippen LogP contribution in [0.1, 0.15) is 29.8 Å². The lowest BCUT2D eigenvalue weighted by molar-refractivity contribution is -0.115. The molecule has 11 heteroatoms. The lowest BCUT2D eigenvalue weighted by Crippen LogP contribution is -2.30. The Morgan fingerprint density at radius 2 is 1.62 bits per heavy atom. The lowest BCUT2D eigenvalue weighted by atomic mass is 10.1. The maximum absolute atomic E-state index is 13.4. The molecular weight excluding hydrogens is 696 g/mol. The first kappa shape index (κ1) is 33.6. The molecule has 3 amide bonds. The summed E-state index contributed by atoms with van der Waals surface area (Å²) in [6, 6.07) is 30.9. The largest absolute Gasteiger partial charge is 0.494 e. The highest BCUT2D eigenvalue weighted by atomic mass is 79.9. The van der Waals surface area contributed by atoms with Gasteiger partial charge in [0.15, 0.2) is 5.13 Å². The molecule has 0 bridgehead atoms. The number of aromatic nitrogens is 1. The number of rotatable bonds is 12. The molecule has 1 unspecified atom stereocenters. The van der Waals surface area contributed by atoms with Crippen molar-refractivity contribution in [2.45, 2.75) is 24.0 Å². The monoisotopic (exact) mass is 726 g/mol. The predicted molar refractivity (Wildman–Crippen MR) is 194 cm³/mol. The van der Waals surface area contributed by atoms with Crippen molar-refractivity contribution in [3.05, 3.63) is 130 Å². The molecule has 0 radical (unpaired) electrons. The van der Waals surface area contributed by atoms with E-state index in [0.29, 0.717) is 34.3 Å². The molecule has 0 saturated carbocycles. The van der Waals surface area contributed by atoms with Crippen LogP contribution in [0.4, 0.5) is 10.8 Å². The van der Waals surface area contributed by atoms with Crippen molar-refractivity contribution >= 4 is 73.6 Å². The van der Waals surface area contributed by atoms with Gasteiger partial charge in [-0.2, -0.15) is 0 Å². The minimum Gasteiger partial charge on any atom is -0.494 e. The third-order valence-corrected chi connectivity index (χ3v) is 9.10. The highest BCUT2D eigenvalue weighted by Gasteiger charge is 2.18. The molecule has 0 aliphatic rings. The van der Waals surface area contributed by atoms with Gasteiger partial charge in [0.2, 0.25) is 5.91 Å². The van der Waals surface area contributed by atoms with Crippen LogP contribution >= 0.6 is 39.0 Å². The molecule has 5 rings (SSSR count). The minimum atomic E-state index is -0.484. The normalized spacial score (nSPS) is 11.8. The van der Waals surface area contributed by atoms with Crippen molar-refractivity contribution in [1.29, 1.82) is 0 Å². The first-order valence-electron chi connectivity index (χ1n) is 14.7. The molecule has 0 fully saturated rings. The summed E-state index contributed by atoms with van der Waals surface area (Å²) in [5.74, 6) is -0.341. The molecular formula is C36H31BrN4O4S2. The number of carbonyl (C=O) groups excluding carboxylic acids is 3. The zero-order chi connectivity index (χ0) is 33.2. The molecule has 5 aromatic rings. The number of thioether (sulfide) groups is 1. The van der Waals surface area contributed by atoms with E-state index in [1.807, 2.05) is 73.8 Å². The van der Waals surface area contributed by atoms with Gasteiger partial charge in [-0.05, 0) is 86.2 Å². The van der Waals surface area contributed by atoms with Gasteiger partial charge in [0.25, 0.3) is 11.8 Å². The summed E-state index contributed by atoms with van der Waals surface area (Å²) in [4.78, 5) is 44.7. The molecule has 0 aliphatic heterocycles. The lowest BCUT2D eigenvalue weighted by Gasteiger charge is -2.13.